The molecule has 1 aromatic carbocycles. The summed E-state index contributed by atoms with van der Waals surface area (Å²) in [5.41, 5.74) is 3.27. The molecule has 0 fully saturated rings. The van der Waals surface area contributed by atoms with Crippen LogP contribution in [-0.2, 0) is 21.4 Å². The predicted molar refractivity (Wildman–Crippen MR) is 91.0 cm³/mol. The van der Waals surface area contributed by atoms with Crippen LogP contribution in [-0.4, -0.2) is 20.9 Å². The molecule has 2 rings (SSSR count). The van der Waals surface area contributed by atoms with E-state index in [0.717, 1.165) is 11.1 Å². The summed E-state index contributed by atoms with van der Waals surface area (Å²) < 4.78 is 32.3. The Morgan fingerprint density at radius 3 is 2.42 bits per heavy atom. The SMILES string of the molecule is Cc1cc(C)c(S(=O)(=O)NCCC(=O)NCc2ccoc2)c(C)c1. The number of amides is 1. The molecule has 0 saturated heterocycles. The highest BCUT2D eigenvalue weighted by atomic mass is 32.2. The lowest BCUT2D eigenvalue weighted by atomic mass is 10.1. The third-order valence-electron chi connectivity index (χ3n) is 3.59. The molecule has 130 valence electrons. The lowest BCUT2D eigenvalue weighted by Crippen LogP contribution is -2.31. The first-order valence-electron chi connectivity index (χ1n) is 7.65. The molecule has 1 amide bonds. The van der Waals surface area contributed by atoms with Crippen molar-refractivity contribution in [1.82, 2.24) is 10.0 Å². The number of aryl methyl sites for hydroxylation is 3. The molecule has 0 radical (unpaired) electrons. The highest BCUT2D eigenvalue weighted by Gasteiger charge is 2.19. The average Bonchev–Trinajstić information content (AvgIpc) is 2.96. The van der Waals surface area contributed by atoms with E-state index in [1.807, 2.05) is 19.1 Å². The fourth-order valence-corrected chi connectivity index (χ4v) is 4.12. The molecule has 6 nitrogen and oxygen atoms in total. The molecule has 0 aliphatic heterocycles. The maximum absolute atomic E-state index is 12.5. The van der Waals surface area contributed by atoms with E-state index in [4.69, 9.17) is 4.42 Å². The number of hydrogen-bond donors (Lipinski definition) is 2. The smallest absolute Gasteiger partial charge is 0.241 e. The zero-order valence-electron chi connectivity index (χ0n) is 14.0. The summed E-state index contributed by atoms with van der Waals surface area (Å²) in [6, 6.07) is 5.42. The molecule has 2 N–H and O–H groups in total. The van der Waals surface area contributed by atoms with Crippen LogP contribution in [0.1, 0.15) is 28.7 Å². The predicted octanol–water partition coefficient (Wildman–Crippen LogP) is 2.19. The Hall–Kier alpha value is -2.12. The number of sulfonamides is 1. The molecule has 1 heterocycles. The lowest BCUT2D eigenvalue weighted by molar-refractivity contribution is -0.121. The third kappa shape index (κ3) is 4.69. The highest BCUT2D eigenvalue weighted by Crippen LogP contribution is 2.21. The molecular weight excluding hydrogens is 328 g/mol. The minimum Gasteiger partial charge on any atom is -0.472 e. The Labute approximate surface area is 142 Å². The van der Waals surface area contributed by atoms with Gasteiger partial charge < -0.3 is 9.73 Å². The summed E-state index contributed by atoms with van der Waals surface area (Å²) in [6.45, 7) is 5.87. The fourth-order valence-electron chi connectivity index (χ4n) is 2.64. The van der Waals surface area contributed by atoms with Crippen LogP contribution in [0.25, 0.3) is 0 Å². The van der Waals surface area contributed by atoms with Gasteiger partial charge in [-0.2, -0.15) is 0 Å². The van der Waals surface area contributed by atoms with Crippen LogP contribution in [0, 0.1) is 20.8 Å². The number of rotatable bonds is 7. The summed E-state index contributed by atoms with van der Waals surface area (Å²) >= 11 is 0. The van der Waals surface area contributed by atoms with Crippen molar-refractivity contribution >= 4 is 15.9 Å². The van der Waals surface area contributed by atoms with Crippen molar-refractivity contribution in [1.29, 1.82) is 0 Å². The van der Waals surface area contributed by atoms with Crippen molar-refractivity contribution in [3.8, 4) is 0 Å². The summed E-state index contributed by atoms with van der Waals surface area (Å²) in [6.07, 6.45) is 3.15. The molecule has 0 spiro atoms. The van der Waals surface area contributed by atoms with Gasteiger partial charge in [-0.25, -0.2) is 13.1 Å². The summed E-state index contributed by atoms with van der Waals surface area (Å²) in [5.74, 6) is -0.226. The van der Waals surface area contributed by atoms with Gasteiger partial charge in [0.1, 0.15) is 0 Å². The van der Waals surface area contributed by atoms with E-state index in [-0.39, 0.29) is 23.8 Å². The van der Waals surface area contributed by atoms with E-state index in [1.54, 1.807) is 26.2 Å². The van der Waals surface area contributed by atoms with E-state index in [0.29, 0.717) is 17.7 Å². The van der Waals surface area contributed by atoms with Gasteiger partial charge in [0.05, 0.1) is 17.4 Å². The van der Waals surface area contributed by atoms with Crippen LogP contribution < -0.4 is 10.0 Å². The van der Waals surface area contributed by atoms with Crippen molar-refractivity contribution in [2.45, 2.75) is 38.6 Å². The van der Waals surface area contributed by atoms with Gasteiger partial charge in [-0.1, -0.05) is 17.7 Å². The van der Waals surface area contributed by atoms with Gasteiger partial charge in [0.2, 0.25) is 15.9 Å². The van der Waals surface area contributed by atoms with E-state index in [9.17, 15) is 13.2 Å². The number of carbonyl (C=O) groups is 1. The van der Waals surface area contributed by atoms with Gasteiger partial charge in [0.15, 0.2) is 0 Å². The lowest BCUT2D eigenvalue weighted by Gasteiger charge is -2.13. The molecular formula is C17H22N2O4S. The van der Waals surface area contributed by atoms with Crippen LogP contribution in [0.2, 0.25) is 0 Å². The Morgan fingerprint density at radius 1 is 1.17 bits per heavy atom. The number of benzene rings is 1. The maximum atomic E-state index is 12.5. The van der Waals surface area contributed by atoms with Gasteiger partial charge in [0.25, 0.3) is 0 Å². The van der Waals surface area contributed by atoms with Crippen molar-refractivity contribution in [3.05, 3.63) is 53.0 Å². The van der Waals surface area contributed by atoms with Crippen molar-refractivity contribution in [2.75, 3.05) is 6.54 Å². The van der Waals surface area contributed by atoms with E-state index in [2.05, 4.69) is 10.0 Å². The minimum absolute atomic E-state index is 0.0479. The topological polar surface area (TPSA) is 88.4 Å². The molecule has 0 saturated carbocycles. The molecule has 24 heavy (non-hydrogen) atoms. The molecule has 0 aliphatic carbocycles. The van der Waals surface area contributed by atoms with Gasteiger partial charge in [0, 0.05) is 25.1 Å². The van der Waals surface area contributed by atoms with Crippen LogP contribution in [0.15, 0.2) is 40.0 Å². The normalized spacial score (nSPS) is 11.5. The van der Waals surface area contributed by atoms with Gasteiger partial charge in [-0.3, -0.25) is 4.79 Å². The summed E-state index contributed by atoms with van der Waals surface area (Å²) in [4.78, 5) is 12.0. The Bertz CT molecular complexity index is 788. The van der Waals surface area contributed by atoms with E-state index in [1.165, 1.54) is 6.26 Å². The number of carbonyl (C=O) groups excluding carboxylic acids is 1. The first kappa shape index (κ1) is 18.2. The Kier molecular flexibility index (Phi) is 5.80. The second-order valence-electron chi connectivity index (χ2n) is 5.78. The van der Waals surface area contributed by atoms with Crippen LogP contribution in [0.4, 0.5) is 0 Å². The molecule has 2 aromatic rings. The van der Waals surface area contributed by atoms with Crippen molar-refractivity contribution in [3.63, 3.8) is 0 Å². The maximum Gasteiger partial charge on any atom is 0.241 e. The van der Waals surface area contributed by atoms with E-state index < -0.39 is 10.0 Å². The molecule has 0 atom stereocenters. The quantitative estimate of drug-likeness (QED) is 0.801. The zero-order chi connectivity index (χ0) is 17.7. The van der Waals surface area contributed by atoms with E-state index >= 15 is 0 Å². The largest absolute Gasteiger partial charge is 0.472 e. The van der Waals surface area contributed by atoms with Crippen molar-refractivity contribution < 1.29 is 17.6 Å². The molecule has 0 aliphatic rings. The first-order valence-corrected chi connectivity index (χ1v) is 9.13. The number of nitrogens with one attached hydrogen (secondary N) is 2. The van der Waals surface area contributed by atoms with Gasteiger partial charge in [-0.05, 0) is 38.0 Å². The number of furan rings is 1. The van der Waals surface area contributed by atoms with Crippen molar-refractivity contribution in [2.24, 2.45) is 0 Å². The zero-order valence-corrected chi connectivity index (χ0v) is 14.9. The summed E-state index contributed by atoms with van der Waals surface area (Å²) in [5, 5.41) is 2.71. The molecule has 7 heteroatoms. The van der Waals surface area contributed by atoms with Crippen LogP contribution in [0.5, 0.6) is 0 Å². The van der Waals surface area contributed by atoms with Gasteiger partial charge >= 0.3 is 0 Å². The second-order valence-corrected chi connectivity index (χ2v) is 7.49. The Balaban J connectivity index is 1.90. The fraction of sp³-hybridized carbons (Fsp3) is 0.353. The second kappa shape index (κ2) is 7.63. The van der Waals surface area contributed by atoms with Crippen LogP contribution >= 0.6 is 0 Å². The highest BCUT2D eigenvalue weighted by molar-refractivity contribution is 7.89. The third-order valence-corrected chi connectivity index (χ3v) is 5.35. The number of hydrogen-bond acceptors (Lipinski definition) is 4. The monoisotopic (exact) mass is 350 g/mol. The Morgan fingerprint density at radius 2 is 1.83 bits per heavy atom. The first-order chi connectivity index (χ1) is 11.3. The molecule has 1 aromatic heterocycles. The summed E-state index contributed by atoms with van der Waals surface area (Å²) in [7, 11) is -3.64. The minimum atomic E-state index is -3.64. The molecule has 0 bridgehead atoms. The van der Waals surface area contributed by atoms with Crippen LogP contribution in [0.3, 0.4) is 0 Å². The molecule has 0 unspecified atom stereocenters. The average molecular weight is 350 g/mol. The van der Waals surface area contributed by atoms with Gasteiger partial charge in [-0.15, -0.1) is 0 Å². The standard InChI is InChI=1S/C17H22N2O4S/c1-12-8-13(2)17(14(3)9-12)24(21,22)19-6-4-16(20)18-10-15-5-7-23-11-15/h5,7-9,11,19H,4,6,10H2,1-3H3,(H,18,20).